The largest absolute Gasteiger partial charge is 0.466 e. The number of rotatable bonds is 8. The van der Waals surface area contributed by atoms with Gasteiger partial charge in [0.1, 0.15) is 17.6 Å². The summed E-state index contributed by atoms with van der Waals surface area (Å²) in [5, 5.41) is 9.81. The first-order valence-corrected chi connectivity index (χ1v) is 12.3. The van der Waals surface area contributed by atoms with E-state index in [4.69, 9.17) is 9.47 Å². The molecule has 3 aliphatic heterocycles. The number of aliphatic hydroxyl groups is 1. The molecule has 4 rings (SSSR count). The first-order chi connectivity index (χ1) is 16.6. The number of amides is 2. The maximum absolute atomic E-state index is 14.4. The number of hydrogen-bond donors (Lipinski definition) is 1. The van der Waals surface area contributed by atoms with Gasteiger partial charge in [0, 0.05) is 18.8 Å². The minimum Gasteiger partial charge on any atom is -0.466 e. The zero-order chi connectivity index (χ0) is 25.7. The third kappa shape index (κ3) is 3.61. The van der Waals surface area contributed by atoms with Gasteiger partial charge in [-0.15, -0.1) is 6.58 Å². The second-order valence-corrected chi connectivity index (χ2v) is 10.2. The van der Waals surface area contributed by atoms with Gasteiger partial charge in [-0.05, 0) is 57.2 Å². The molecule has 2 bridgehead atoms. The maximum Gasteiger partial charge on any atom is 0.312 e. The Balaban J connectivity index is 1.85. The Labute approximate surface area is 206 Å². The smallest absolute Gasteiger partial charge is 0.312 e. The molecule has 3 fully saturated rings. The lowest BCUT2D eigenvalue weighted by Crippen LogP contribution is -2.57. The second-order valence-electron chi connectivity index (χ2n) is 10.2. The molecule has 35 heavy (non-hydrogen) atoms. The lowest BCUT2D eigenvalue weighted by Gasteiger charge is -2.37. The normalized spacial score (nSPS) is 33.1. The van der Waals surface area contributed by atoms with Gasteiger partial charge in [-0.1, -0.05) is 25.1 Å². The van der Waals surface area contributed by atoms with Crippen molar-refractivity contribution in [1.82, 2.24) is 4.90 Å². The van der Waals surface area contributed by atoms with Crippen LogP contribution in [0.15, 0.2) is 30.9 Å². The molecule has 1 spiro atoms. The molecule has 3 saturated heterocycles. The van der Waals surface area contributed by atoms with Crippen LogP contribution in [0.5, 0.6) is 0 Å². The van der Waals surface area contributed by atoms with E-state index in [9.17, 15) is 19.5 Å². The first-order valence-electron chi connectivity index (χ1n) is 12.3. The zero-order valence-electron chi connectivity index (χ0n) is 21.2. The molecule has 3 aliphatic rings. The van der Waals surface area contributed by atoms with Crippen LogP contribution in [0.1, 0.15) is 38.3 Å². The average molecular weight is 485 g/mol. The highest BCUT2D eigenvalue weighted by molar-refractivity contribution is 6.05. The predicted molar refractivity (Wildman–Crippen MR) is 131 cm³/mol. The predicted octanol–water partition coefficient (Wildman–Crippen LogP) is 2.39. The number of β-amino-alcohol motifs (C(OH)–C–C–N with tert-alkyl or cyclic N) is 1. The van der Waals surface area contributed by atoms with E-state index in [1.807, 2.05) is 45.9 Å². The van der Waals surface area contributed by atoms with Crippen LogP contribution < -0.4 is 4.90 Å². The summed E-state index contributed by atoms with van der Waals surface area (Å²) in [6.07, 6.45) is 2.11. The highest BCUT2D eigenvalue weighted by Gasteiger charge is 2.80. The van der Waals surface area contributed by atoms with Crippen LogP contribution in [-0.2, 0) is 23.9 Å². The van der Waals surface area contributed by atoms with Crippen molar-refractivity contribution in [3.8, 4) is 0 Å². The van der Waals surface area contributed by atoms with Crippen LogP contribution in [0, 0.1) is 31.6 Å². The number of benzene rings is 1. The summed E-state index contributed by atoms with van der Waals surface area (Å²) < 4.78 is 12.0. The van der Waals surface area contributed by atoms with Crippen LogP contribution in [-0.4, -0.2) is 71.3 Å². The Morgan fingerprint density at radius 2 is 2.09 bits per heavy atom. The number of esters is 1. The summed E-state index contributed by atoms with van der Waals surface area (Å²) in [5.74, 6) is -2.84. The van der Waals surface area contributed by atoms with Crippen molar-refractivity contribution in [3.63, 3.8) is 0 Å². The van der Waals surface area contributed by atoms with Crippen LogP contribution in [0.3, 0.4) is 0 Å². The van der Waals surface area contributed by atoms with Gasteiger partial charge in [0.15, 0.2) is 0 Å². The molecular formula is C27H36N2O6. The van der Waals surface area contributed by atoms with Crippen molar-refractivity contribution < 1.29 is 29.0 Å². The molecular weight excluding hydrogens is 448 g/mol. The van der Waals surface area contributed by atoms with Crippen molar-refractivity contribution in [1.29, 1.82) is 0 Å². The molecule has 1 aromatic carbocycles. The fourth-order valence-corrected chi connectivity index (χ4v) is 6.55. The van der Waals surface area contributed by atoms with E-state index in [1.54, 1.807) is 17.9 Å². The number of carbonyl (C=O) groups excluding carboxylic acids is 3. The summed E-state index contributed by atoms with van der Waals surface area (Å²) >= 11 is 0. The monoisotopic (exact) mass is 484 g/mol. The van der Waals surface area contributed by atoms with Crippen LogP contribution >= 0.6 is 0 Å². The van der Waals surface area contributed by atoms with E-state index < -0.39 is 35.0 Å². The number of anilines is 1. The summed E-state index contributed by atoms with van der Waals surface area (Å²) in [6.45, 7) is 13.4. The minimum atomic E-state index is -1.17. The Hall–Kier alpha value is -2.71. The van der Waals surface area contributed by atoms with Gasteiger partial charge in [0.25, 0.3) is 5.91 Å². The Morgan fingerprint density at radius 3 is 2.71 bits per heavy atom. The minimum absolute atomic E-state index is 0.0216. The highest BCUT2D eigenvalue weighted by atomic mass is 16.6. The quantitative estimate of drug-likeness (QED) is 0.450. The second kappa shape index (κ2) is 9.06. The number of aliphatic hydroxyl groups excluding tert-OH is 1. The molecule has 1 aromatic rings. The number of ether oxygens (including phenoxy) is 2. The summed E-state index contributed by atoms with van der Waals surface area (Å²) in [5.41, 5.74) is 0.560. The van der Waals surface area contributed by atoms with E-state index in [1.165, 1.54) is 4.90 Å². The van der Waals surface area contributed by atoms with Crippen molar-refractivity contribution >= 4 is 23.5 Å². The van der Waals surface area contributed by atoms with Gasteiger partial charge >= 0.3 is 5.97 Å². The standard InChI is InChI=1S/C27H36N2O6/c1-7-11-28(19-14-16(3)9-10-17(19)4)24(32)22-27-15-18(5)26(6,35-27)21(25(33)34-8-2)20(27)23(31)29(22)12-13-30/h7,9-10,14,18,20-22,30H,1,8,11-13,15H2,2-6H3/t18?,20-,21-,22?,26+,27?/m0/s1. The van der Waals surface area contributed by atoms with Gasteiger partial charge in [-0.2, -0.15) is 0 Å². The van der Waals surface area contributed by atoms with Gasteiger partial charge in [-0.3, -0.25) is 14.4 Å². The van der Waals surface area contributed by atoms with Gasteiger partial charge in [0.2, 0.25) is 5.91 Å². The molecule has 3 heterocycles. The van der Waals surface area contributed by atoms with Crippen molar-refractivity contribution in [2.24, 2.45) is 17.8 Å². The number of aryl methyl sites for hydroxylation is 2. The van der Waals surface area contributed by atoms with E-state index in [0.29, 0.717) is 6.42 Å². The molecule has 3 unspecified atom stereocenters. The number of fused-ring (bicyclic) bond motifs is 1. The maximum atomic E-state index is 14.4. The fourth-order valence-electron chi connectivity index (χ4n) is 6.55. The van der Waals surface area contributed by atoms with Gasteiger partial charge < -0.3 is 24.4 Å². The fraction of sp³-hybridized carbons (Fsp3) is 0.593. The molecule has 2 amide bonds. The van der Waals surface area contributed by atoms with E-state index in [-0.39, 0.29) is 44.0 Å². The Morgan fingerprint density at radius 1 is 1.37 bits per heavy atom. The summed E-state index contributed by atoms with van der Waals surface area (Å²) in [6, 6.07) is 4.90. The van der Waals surface area contributed by atoms with Crippen LogP contribution in [0.2, 0.25) is 0 Å². The van der Waals surface area contributed by atoms with E-state index >= 15 is 0 Å². The lowest BCUT2D eigenvalue weighted by molar-refractivity contribution is -0.161. The number of hydrogen-bond acceptors (Lipinski definition) is 6. The third-order valence-electron chi connectivity index (χ3n) is 8.16. The molecule has 0 aliphatic carbocycles. The van der Waals surface area contributed by atoms with E-state index in [2.05, 4.69) is 6.58 Å². The van der Waals surface area contributed by atoms with Crippen LogP contribution in [0.4, 0.5) is 5.69 Å². The molecule has 8 nitrogen and oxygen atoms in total. The average Bonchev–Trinajstić information content (AvgIpc) is 3.31. The SMILES string of the molecule is C=CCN(C(=O)C1N(CCO)C(=O)[C@@H]2[C@@H](C(=O)OCC)[C@]3(C)OC12CC3C)c1cc(C)ccc1C. The molecule has 190 valence electrons. The molecule has 1 N–H and O–H groups in total. The van der Waals surface area contributed by atoms with Crippen molar-refractivity contribution in [2.45, 2.75) is 58.3 Å². The highest BCUT2D eigenvalue weighted by Crippen LogP contribution is 2.65. The number of nitrogens with zero attached hydrogens (tertiary/aromatic N) is 2. The molecule has 0 saturated carbocycles. The lowest BCUT2D eigenvalue weighted by atomic mass is 9.62. The van der Waals surface area contributed by atoms with Gasteiger partial charge in [-0.25, -0.2) is 0 Å². The third-order valence-corrected chi connectivity index (χ3v) is 8.16. The Bertz CT molecular complexity index is 1060. The Kier molecular flexibility index (Phi) is 6.57. The summed E-state index contributed by atoms with van der Waals surface area (Å²) in [4.78, 5) is 44.4. The molecule has 6 atom stereocenters. The first kappa shape index (κ1) is 25.4. The molecule has 8 heteroatoms. The van der Waals surface area contributed by atoms with Crippen molar-refractivity contribution in [2.75, 3.05) is 31.2 Å². The topological polar surface area (TPSA) is 96.4 Å². The number of carbonyl (C=O) groups is 3. The van der Waals surface area contributed by atoms with E-state index in [0.717, 1.165) is 16.8 Å². The molecule has 0 aromatic heterocycles. The van der Waals surface area contributed by atoms with Gasteiger partial charge in [0.05, 0.1) is 24.7 Å². The van der Waals surface area contributed by atoms with Crippen molar-refractivity contribution in [3.05, 3.63) is 42.0 Å². The zero-order valence-corrected chi connectivity index (χ0v) is 21.2. The summed E-state index contributed by atoms with van der Waals surface area (Å²) in [7, 11) is 0. The number of likely N-dealkylation sites (tertiary alicyclic amines) is 1. The molecule has 0 radical (unpaired) electrons. The van der Waals surface area contributed by atoms with Crippen LogP contribution in [0.25, 0.3) is 0 Å².